The molecule has 72 valence electrons. The molecule has 4 heteroatoms. The third-order valence-electron chi connectivity index (χ3n) is 2.03. The quantitative estimate of drug-likeness (QED) is 0.714. The summed E-state index contributed by atoms with van der Waals surface area (Å²) in [5.41, 5.74) is 0.581. The number of pyridine rings is 1. The Balaban J connectivity index is 3.03. The number of hydrogen-bond acceptors (Lipinski definition) is 1. The summed E-state index contributed by atoms with van der Waals surface area (Å²) in [6.07, 6.45) is 0. The van der Waals surface area contributed by atoms with E-state index in [-0.39, 0.29) is 16.0 Å². The molecule has 0 atom stereocenters. The first kappa shape index (κ1) is 9.21. The zero-order valence-electron chi connectivity index (χ0n) is 7.40. The highest BCUT2D eigenvalue weighted by Gasteiger charge is 2.08. The summed E-state index contributed by atoms with van der Waals surface area (Å²) in [5.74, 6) is -0.579. The highest BCUT2D eigenvalue weighted by atomic mass is 35.5. The molecule has 2 aromatic rings. The van der Waals surface area contributed by atoms with E-state index in [1.165, 1.54) is 18.2 Å². The Kier molecular flexibility index (Phi) is 2.04. The van der Waals surface area contributed by atoms with Gasteiger partial charge < -0.3 is 4.98 Å². The van der Waals surface area contributed by atoms with Crippen LogP contribution in [-0.2, 0) is 0 Å². The Morgan fingerprint density at radius 2 is 2.14 bits per heavy atom. The van der Waals surface area contributed by atoms with Crippen LogP contribution in [0.4, 0.5) is 4.39 Å². The number of nitrogens with one attached hydrogen (secondary N) is 1. The standard InChI is InChI=1S/C10H7ClFNO/c1-5-4-8(14)6-2-3-7(11)9(12)10(6)13-5/h2-4H,1H3,(H,13,14). The predicted octanol–water partition coefficient (Wildman–Crippen LogP) is 2.63. The number of aromatic amines is 1. The van der Waals surface area contributed by atoms with Gasteiger partial charge in [-0.15, -0.1) is 0 Å². The van der Waals surface area contributed by atoms with Crippen LogP contribution in [0.5, 0.6) is 0 Å². The van der Waals surface area contributed by atoms with Gasteiger partial charge in [0, 0.05) is 17.1 Å². The number of fused-ring (bicyclic) bond motifs is 1. The van der Waals surface area contributed by atoms with Gasteiger partial charge in [-0.25, -0.2) is 4.39 Å². The molecule has 0 amide bonds. The van der Waals surface area contributed by atoms with E-state index in [2.05, 4.69) is 4.98 Å². The Hall–Kier alpha value is -1.35. The zero-order chi connectivity index (χ0) is 10.3. The zero-order valence-corrected chi connectivity index (χ0v) is 8.15. The van der Waals surface area contributed by atoms with E-state index in [1.807, 2.05) is 0 Å². The fourth-order valence-electron chi connectivity index (χ4n) is 1.39. The van der Waals surface area contributed by atoms with Crippen LogP contribution in [0, 0.1) is 12.7 Å². The van der Waals surface area contributed by atoms with Crippen LogP contribution in [0.25, 0.3) is 10.9 Å². The lowest BCUT2D eigenvalue weighted by molar-refractivity contribution is 0.637. The van der Waals surface area contributed by atoms with Gasteiger partial charge in [0.2, 0.25) is 0 Å². The van der Waals surface area contributed by atoms with Gasteiger partial charge >= 0.3 is 0 Å². The van der Waals surface area contributed by atoms with Crippen molar-refractivity contribution in [1.29, 1.82) is 0 Å². The number of benzene rings is 1. The van der Waals surface area contributed by atoms with Crippen molar-refractivity contribution < 1.29 is 4.39 Å². The Bertz CT molecular complexity index is 562. The minimum atomic E-state index is -0.579. The number of rotatable bonds is 0. The molecule has 1 aromatic carbocycles. The van der Waals surface area contributed by atoms with Gasteiger partial charge in [0.15, 0.2) is 11.2 Å². The second-order valence-corrected chi connectivity index (χ2v) is 3.51. The molecule has 0 unspecified atom stereocenters. The van der Waals surface area contributed by atoms with Gasteiger partial charge in [-0.05, 0) is 19.1 Å². The molecule has 0 saturated heterocycles. The average Bonchev–Trinajstić information content (AvgIpc) is 2.12. The van der Waals surface area contributed by atoms with Crippen molar-refractivity contribution in [3.05, 3.63) is 45.0 Å². The maximum atomic E-state index is 13.5. The molecule has 0 saturated carbocycles. The molecule has 0 aliphatic heterocycles. The van der Waals surface area contributed by atoms with Gasteiger partial charge in [-0.1, -0.05) is 11.6 Å². The Morgan fingerprint density at radius 3 is 2.86 bits per heavy atom. The second-order valence-electron chi connectivity index (χ2n) is 3.10. The van der Waals surface area contributed by atoms with Crippen LogP contribution in [-0.4, -0.2) is 4.98 Å². The summed E-state index contributed by atoms with van der Waals surface area (Å²) in [4.78, 5) is 14.2. The van der Waals surface area contributed by atoms with E-state index in [9.17, 15) is 9.18 Å². The number of aromatic nitrogens is 1. The van der Waals surface area contributed by atoms with Crippen LogP contribution in [0.3, 0.4) is 0 Å². The molecule has 0 bridgehead atoms. The molecule has 0 radical (unpaired) electrons. The lowest BCUT2D eigenvalue weighted by atomic mass is 10.2. The maximum absolute atomic E-state index is 13.5. The van der Waals surface area contributed by atoms with Crippen LogP contribution >= 0.6 is 11.6 Å². The average molecular weight is 212 g/mol. The normalized spacial score (nSPS) is 10.8. The number of hydrogen-bond donors (Lipinski definition) is 1. The molecule has 0 aliphatic rings. The smallest absolute Gasteiger partial charge is 0.189 e. The summed E-state index contributed by atoms with van der Waals surface area (Å²) in [7, 11) is 0. The van der Waals surface area contributed by atoms with Gasteiger partial charge in [-0.3, -0.25) is 4.79 Å². The third-order valence-corrected chi connectivity index (χ3v) is 2.32. The largest absolute Gasteiger partial charge is 0.356 e. The molecule has 0 fully saturated rings. The maximum Gasteiger partial charge on any atom is 0.189 e. The fourth-order valence-corrected chi connectivity index (χ4v) is 1.54. The molecule has 0 spiro atoms. The van der Waals surface area contributed by atoms with Gasteiger partial charge in [0.1, 0.15) is 0 Å². The highest BCUT2D eigenvalue weighted by molar-refractivity contribution is 6.31. The van der Waals surface area contributed by atoms with E-state index >= 15 is 0 Å². The van der Waals surface area contributed by atoms with E-state index in [0.717, 1.165) is 0 Å². The van der Waals surface area contributed by atoms with E-state index < -0.39 is 5.82 Å². The third kappa shape index (κ3) is 1.30. The lowest BCUT2D eigenvalue weighted by Crippen LogP contribution is -2.04. The number of aryl methyl sites for hydroxylation is 1. The van der Waals surface area contributed by atoms with E-state index in [0.29, 0.717) is 11.1 Å². The Labute approximate surface area is 84.3 Å². The van der Waals surface area contributed by atoms with Crippen molar-refractivity contribution in [1.82, 2.24) is 4.98 Å². The SMILES string of the molecule is Cc1cc(=O)c2ccc(Cl)c(F)c2[nH]1. The highest BCUT2D eigenvalue weighted by Crippen LogP contribution is 2.20. The van der Waals surface area contributed by atoms with E-state index in [4.69, 9.17) is 11.6 Å². The van der Waals surface area contributed by atoms with E-state index in [1.54, 1.807) is 6.92 Å². The molecule has 1 aromatic heterocycles. The van der Waals surface area contributed by atoms with Crippen molar-refractivity contribution in [2.24, 2.45) is 0 Å². The van der Waals surface area contributed by atoms with Gasteiger partial charge in [0.05, 0.1) is 10.5 Å². The molecule has 0 aliphatic carbocycles. The van der Waals surface area contributed by atoms with Crippen LogP contribution in [0.2, 0.25) is 5.02 Å². The molecular formula is C10H7ClFNO. The summed E-state index contributed by atoms with van der Waals surface area (Å²) < 4.78 is 13.5. The van der Waals surface area contributed by atoms with Gasteiger partial charge in [-0.2, -0.15) is 0 Å². The predicted molar refractivity (Wildman–Crippen MR) is 54.3 cm³/mol. The van der Waals surface area contributed by atoms with Crippen molar-refractivity contribution in [3.8, 4) is 0 Å². The summed E-state index contributed by atoms with van der Waals surface area (Å²) in [6.45, 7) is 1.70. The molecule has 2 nitrogen and oxygen atoms in total. The first-order chi connectivity index (χ1) is 6.59. The topological polar surface area (TPSA) is 32.9 Å². The van der Waals surface area contributed by atoms with Crippen molar-refractivity contribution in [2.75, 3.05) is 0 Å². The fraction of sp³-hybridized carbons (Fsp3) is 0.100. The van der Waals surface area contributed by atoms with Crippen LogP contribution in [0.1, 0.15) is 5.69 Å². The molecule has 14 heavy (non-hydrogen) atoms. The lowest BCUT2D eigenvalue weighted by Gasteiger charge is -2.02. The molecular weight excluding hydrogens is 205 g/mol. The monoisotopic (exact) mass is 211 g/mol. The molecule has 1 N–H and O–H groups in total. The molecule has 1 heterocycles. The van der Waals surface area contributed by atoms with Crippen molar-refractivity contribution in [2.45, 2.75) is 6.92 Å². The second kappa shape index (κ2) is 3.10. The minimum absolute atomic E-state index is 0.0127. The van der Waals surface area contributed by atoms with Crippen LogP contribution in [0.15, 0.2) is 23.0 Å². The molecule has 2 rings (SSSR count). The van der Waals surface area contributed by atoms with Gasteiger partial charge in [0.25, 0.3) is 0 Å². The number of H-pyrrole nitrogens is 1. The Morgan fingerprint density at radius 1 is 1.43 bits per heavy atom. The summed E-state index contributed by atoms with van der Waals surface area (Å²) in [6, 6.07) is 4.32. The summed E-state index contributed by atoms with van der Waals surface area (Å²) >= 11 is 5.60. The first-order valence-electron chi connectivity index (χ1n) is 4.07. The van der Waals surface area contributed by atoms with Crippen LogP contribution < -0.4 is 5.43 Å². The number of halogens is 2. The minimum Gasteiger partial charge on any atom is -0.356 e. The first-order valence-corrected chi connectivity index (χ1v) is 4.45. The van der Waals surface area contributed by atoms with Crippen molar-refractivity contribution in [3.63, 3.8) is 0 Å². The van der Waals surface area contributed by atoms with Crippen molar-refractivity contribution >= 4 is 22.5 Å². The summed E-state index contributed by atoms with van der Waals surface area (Å²) in [5, 5.41) is 0.330.